The summed E-state index contributed by atoms with van der Waals surface area (Å²) in [5.41, 5.74) is 0. The molecule has 0 aliphatic heterocycles. The van der Waals surface area contributed by atoms with Gasteiger partial charge in [-0.2, -0.15) is 0 Å². The van der Waals surface area contributed by atoms with Crippen molar-refractivity contribution in [3.63, 3.8) is 0 Å². The van der Waals surface area contributed by atoms with E-state index in [2.05, 4.69) is 53.3 Å². The van der Waals surface area contributed by atoms with Crippen LogP contribution in [0.1, 0.15) is 127 Å². The monoisotopic (exact) mass is 345 g/mol. The van der Waals surface area contributed by atoms with Crippen LogP contribution in [0.15, 0.2) is 4.99 Å². The Morgan fingerprint density at radius 3 is 1.21 bits per heavy atom. The van der Waals surface area contributed by atoms with E-state index < -0.39 is 0 Å². The summed E-state index contributed by atoms with van der Waals surface area (Å²) >= 11 is 0. The second kappa shape index (κ2) is 43.4. The molecule has 0 aromatic carbocycles. The molecule has 0 heterocycles. The SMILES string of the molecule is C=NC.CC.CC.CCCC(C)C.CCCCCCCCC(C)C. The van der Waals surface area contributed by atoms with Crippen molar-refractivity contribution < 1.29 is 0 Å². The molecule has 0 fully saturated rings. The summed E-state index contributed by atoms with van der Waals surface area (Å²) in [5.74, 6) is 1.80. The first-order valence-corrected chi connectivity index (χ1v) is 10.8. The van der Waals surface area contributed by atoms with E-state index in [1.807, 2.05) is 27.7 Å². The molecule has 0 spiro atoms. The molecule has 0 aromatic rings. The van der Waals surface area contributed by atoms with E-state index in [-0.39, 0.29) is 0 Å². The van der Waals surface area contributed by atoms with Gasteiger partial charge >= 0.3 is 0 Å². The van der Waals surface area contributed by atoms with Crippen molar-refractivity contribution in [2.24, 2.45) is 16.8 Å². The molecule has 0 saturated carbocycles. The van der Waals surface area contributed by atoms with E-state index in [0.717, 1.165) is 11.8 Å². The minimum Gasteiger partial charge on any atom is -0.304 e. The lowest BCUT2D eigenvalue weighted by atomic mass is 10.0. The van der Waals surface area contributed by atoms with Crippen molar-refractivity contribution in [3.05, 3.63) is 0 Å². The van der Waals surface area contributed by atoms with Gasteiger partial charge in [0.15, 0.2) is 0 Å². The molecule has 0 aliphatic rings. The lowest BCUT2D eigenvalue weighted by Gasteiger charge is -2.03. The quantitative estimate of drug-likeness (QED) is 0.291. The Morgan fingerprint density at radius 2 is 0.958 bits per heavy atom. The van der Waals surface area contributed by atoms with E-state index in [0.29, 0.717) is 0 Å². The molecule has 0 bridgehead atoms. The zero-order chi connectivity index (χ0) is 20.2. The first-order valence-electron chi connectivity index (χ1n) is 10.8. The van der Waals surface area contributed by atoms with Crippen molar-refractivity contribution in [1.82, 2.24) is 0 Å². The van der Waals surface area contributed by atoms with Gasteiger partial charge < -0.3 is 4.99 Å². The summed E-state index contributed by atoms with van der Waals surface area (Å²) in [7, 11) is 1.64. The van der Waals surface area contributed by atoms with E-state index >= 15 is 0 Å². The maximum Gasteiger partial charge on any atom is 0.0269 e. The minimum absolute atomic E-state index is 0.898. The average Bonchev–Trinajstić information content (AvgIpc) is 2.55. The van der Waals surface area contributed by atoms with Gasteiger partial charge in [-0.15, -0.1) is 0 Å². The second-order valence-electron chi connectivity index (χ2n) is 6.45. The normalized spacial score (nSPS) is 8.54. The third-order valence-electron chi connectivity index (χ3n) is 3.00. The Morgan fingerprint density at radius 1 is 0.625 bits per heavy atom. The lowest BCUT2D eigenvalue weighted by molar-refractivity contribution is 0.514. The lowest BCUT2D eigenvalue weighted by Crippen LogP contribution is -1.86. The Kier molecular flexibility index (Phi) is 63.0. The summed E-state index contributed by atoms with van der Waals surface area (Å²) in [5, 5.41) is 0. The molecule has 0 amide bonds. The molecule has 0 saturated heterocycles. The molecule has 0 rings (SSSR count). The van der Waals surface area contributed by atoms with Gasteiger partial charge in [-0.1, -0.05) is 127 Å². The van der Waals surface area contributed by atoms with E-state index in [9.17, 15) is 0 Å². The number of hydrogen-bond donors (Lipinski definition) is 0. The fourth-order valence-corrected chi connectivity index (χ4v) is 1.91. The Balaban J connectivity index is -0.0000000781. The van der Waals surface area contributed by atoms with E-state index in [1.54, 1.807) is 7.05 Å². The highest BCUT2D eigenvalue weighted by molar-refractivity contribution is 5.22. The van der Waals surface area contributed by atoms with Gasteiger partial charge in [0.05, 0.1) is 0 Å². The summed E-state index contributed by atoms with van der Waals surface area (Å²) in [4.78, 5) is 3.25. The zero-order valence-corrected chi connectivity index (χ0v) is 19.7. The van der Waals surface area contributed by atoms with Gasteiger partial charge in [0, 0.05) is 7.05 Å². The maximum atomic E-state index is 3.25. The van der Waals surface area contributed by atoms with Crippen LogP contribution < -0.4 is 0 Å². The summed E-state index contributed by atoms with van der Waals surface area (Å²) < 4.78 is 0. The zero-order valence-electron chi connectivity index (χ0n) is 19.7. The van der Waals surface area contributed by atoms with Crippen molar-refractivity contribution in [1.29, 1.82) is 0 Å². The molecule has 0 aromatic heterocycles. The smallest absolute Gasteiger partial charge is 0.0269 e. The fourth-order valence-electron chi connectivity index (χ4n) is 1.91. The first-order chi connectivity index (χ1) is 11.5. The van der Waals surface area contributed by atoms with Crippen molar-refractivity contribution in [3.8, 4) is 0 Å². The standard InChI is InChI=1S/C11H24.C6H14.C2H5N.2C2H6/c1-4-5-6-7-8-9-10-11(2)3;1-4-5-6(2)3;1-3-2;2*1-2/h11H,4-10H2,1-3H3;6H,4-5H2,1-3H3;1H2,2H3;2*1-2H3. The number of rotatable bonds is 9. The highest BCUT2D eigenvalue weighted by Crippen LogP contribution is 2.10. The van der Waals surface area contributed by atoms with E-state index in [1.165, 1.54) is 57.8 Å². The van der Waals surface area contributed by atoms with Gasteiger partial charge in [-0.25, -0.2) is 0 Å². The summed E-state index contributed by atoms with van der Waals surface area (Å²) in [6.45, 7) is 24.7. The summed E-state index contributed by atoms with van der Waals surface area (Å²) in [6, 6.07) is 0. The van der Waals surface area contributed by atoms with Crippen LogP contribution in [-0.4, -0.2) is 13.8 Å². The topological polar surface area (TPSA) is 12.4 Å². The third-order valence-corrected chi connectivity index (χ3v) is 3.00. The Labute approximate surface area is 158 Å². The number of nitrogens with zero attached hydrogens (tertiary/aromatic N) is 1. The van der Waals surface area contributed by atoms with Crippen LogP contribution in [-0.2, 0) is 0 Å². The fraction of sp³-hybridized carbons (Fsp3) is 0.957. The van der Waals surface area contributed by atoms with E-state index in [4.69, 9.17) is 0 Å². The van der Waals surface area contributed by atoms with Gasteiger partial charge in [-0.05, 0) is 18.6 Å². The largest absolute Gasteiger partial charge is 0.304 e. The van der Waals surface area contributed by atoms with Gasteiger partial charge in [0.1, 0.15) is 0 Å². The van der Waals surface area contributed by atoms with Gasteiger partial charge in [0.2, 0.25) is 0 Å². The predicted molar refractivity (Wildman–Crippen MR) is 121 cm³/mol. The maximum absolute atomic E-state index is 3.25. The molecular formula is C23H55N. The third kappa shape index (κ3) is 81.3. The van der Waals surface area contributed by atoms with Crippen LogP contribution in [0.3, 0.4) is 0 Å². The molecule has 152 valence electrons. The Hall–Kier alpha value is -0.330. The van der Waals surface area contributed by atoms with Crippen LogP contribution in [0.5, 0.6) is 0 Å². The van der Waals surface area contributed by atoms with Crippen LogP contribution >= 0.6 is 0 Å². The molecule has 1 heteroatoms. The number of hydrogen-bond acceptors (Lipinski definition) is 1. The van der Waals surface area contributed by atoms with Crippen molar-refractivity contribution in [2.45, 2.75) is 127 Å². The molecule has 0 atom stereocenters. The van der Waals surface area contributed by atoms with Gasteiger partial charge in [-0.3, -0.25) is 0 Å². The van der Waals surface area contributed by atoms with Crippen molar-refractivity contribution in [2.75, 3.05) is 7.05 Å². The van der Waals surface area contributed by atoms with Crippen molar-refractivity contribution >= 4 is 6.72 Å². The highest BCUT2D eigenvalue weighted by Gasteiger charge is 1.93. The van der Waals surface area contributed by atoms with Crippen LogP contribution in [0.2, 0.25) is 0 Å². The van der Waals surface area contributed by atoms with Crippen LogP contribution in [0, 0.1) is 11.8 Å². The molecule has 0 radical (unpaired) electrons. The minimum atomic E-state index is 0.898. The number of unbranched alkanes of at least 4 members (excludes halogenated alkanes) is 5. The molecule has 0 aliphatic carbocycles. The molecule has 1 nitrogen and oxygen atoms in total. The molecule has 24 heavy (non-hydrogen) atoms. The van der Waals surface area contributed by atoms with Crippen LogP contribution in [0.4, 0.5) is 0 Å². The number of aliphatic imine (C=N–C) groups is 1. The second-order valence-corrected chi connectivity index (χ2v) is 6.45. The first kappa shape index (κ1) is 34.9. The predicted octanol–water partition coefficient (Wildman–Crippen LogP) is 9.20. The summed E-state index contributed by atoms with van der Waals surface area (Å²) in [6.07, 6.45) is 12.7. The molecule has 0 unspecified atom stereocenters. The Bertz CT molecular complexity index is 150. The van der Waals surface area contributed by atoms with Crippen LogP contribution in [0.25, 0.3) is 0 Å². The average molecular weight is 346 g/mol. The van der Waals surface area contributed by atoms with Gasteiger partial charge in [0.25, 0.3) is 0 Å². The highest BCUT2D eigenvalue weighted by atomic mass is 14.6. The molecular weight excluding hydrogens is 290 g/mol. The molecule has 0 N–H and O–H groups in total.